The predicted octanol–water partition coefficient (Wildman–Crippen LogP) is 2.33. The molecular weight excluding hydrogens is 406 g/mol. The van der Waals surface area contributed by atoms with Crippen LogP contribution in [0.1, 0.15) is 12.8 Å². The number of benzene rings is 1. The summed E-state index contributed by atoms with van der Waals surface area (Å²) in [6.07, 6.45) is 0.0228. The average Bonchev–Trinajstić information content (AvgIpc) is 3.14. The third-order valence-corrected chi connectivity index (χ3v) is 7.31. The molecule has 1 atom stereocenters. The molecule has 5 nitrogen and oxygen atoms in total. The summed E-state index contributed by atoms with van der Waals surface area (Å²) in [5.41, 5.74) is 0. The average molecular weight is 423 g/mol. The summed E-state index contributed by atoms with van der Waals surface area (Å²) < 4.78 is 53.6. The minimum atomic E-state index is -3.71. The molecule has 0 spiro atoms. The van der Waals surface area contributed by atoms with E-state index in [1.54, 1.807) is 18.2 Å². The van der Waals surface area contributed by atoms with Crippen molar-refractivity contribution in [3.05, 3.63) is 28.7 Å². The zero-order valence-corrected chi connectivity index (χ0v) is 15.2. The molecule has 1 aromatic carbocycles. The molecule has 2 aliphatic rings. The summed E-state index contributed by atoms with van der Waals surface area (Å²) in [5, 5.41) is 0. The summed E-state index contributed by atoms with van der Waals surface area (Å²) in [4.78, 5) is 13.7. The molecule has 1 amide bonds. The molecule has 2 aliphatic heterocycles. The SMILES string of the molecule is O=C(C1CCN(S(=O)(=O)c2ccccc2Br)C1)N1CCC(F)(F)C1. The Balaban J connectivity index is 1.71. The van der Waals surface area contributed by atoms with Crippen molar-refractivity contribution in [2.75, 3.05) is 26.2 Å². The van der Waals surface area contributed by atoms with Gasteiger partial charge in [-0.25, -0.2) is 17.2 Å². The van der Waals surface area contributed by atoms with E-state index in [9.17, 15) is 22.0 Å². The van der Waals surface area contributed by atoms with Crippen molar-refractivity contribution in [3.63, 3.8) is 0 Å². The van der Waals surface area contributed by atoms with Crippen molar-refractivity contribution in [2.24, 2.45) is 5.92 Å². The van der Waals surface area contributed by atoms with Gasteiger partial charge in [0, 0.05) is 30.5 Å². The first kappa shape index (κ1) is 17.8. The highest BCUT2D eigenvalue weighted by molar-refractivity contribution is 9.10. The van der Waals surface area contributed by atoms with Crippen molar-refractivity contribution in [1.29, 1.82) is 0 Å². The summed E-state index contributed by atoms with van der Waals surface area (Å²) in [5.74, 6) is -3.78. The fourth-order valence-corrected chi connectivity index (χ4v) is 5.59. The Morgan fingerprint density at radius 2 is 1.96 bits per heavy atom. The van der Waals surface area contributed by atoms with Gasteiger partial charge in [0.15, 0.2) is 0 Å². The Bertz CT molecular complexity index is 757. The van der Waals surface area contributed by atoms with Crippen LogP contribution >= 0.6 is 15.9 Å². The quantitative estimate of drug-likeness (QED) is 0.750. The molecule has 132 valence electrons. The Labute approximate surface area is 147 Å². The topological polar surface area (TPSA) is 57.7 Å². The normalized spacial score (nSPS) is 24.5. The van der Waals surface area contributed by atoms with Crippen LogP contribution in [-0.4, -0.2) is 55.6 Å². The van der Waals surface area contributed by atoms with Crippen LogP contribution in [-0.2, 0) is 14.8 Å². The standard InChI is InChI=1S/C15H17BrF2N2O3S/c16-12-3-1-2-4-13(12)24(22,23)20-7-5-11(9-20)14(21)19-8-6-15(17,18)10-19/h1-4,11H,5-10H2. The lowest BCUT2D eigenvalue weighted by Gasteiger charge is -2.21. The first-order valence-electron chi connectivity index (χ1n) is 7.62. The van der Waals surface area contributed by atoms with Crippen LogP contribution in [0.2, 0.25) is 0 Å². The van der Waals surface area contributed by atoms with Gasteiger partial charge >= 0.3 is 0 Å². The third kappa shape index (κ3) is 3.34. The van der Waals surface area contributed by atoms with E-state index in [2.05, 4.69) is 15.9 Å². The molecule has 2 heterocycles. The molecular formula is C15H17BrF2N2O3S. The maximum Gasteiger partial charge on any atom is 0.267 e. The van der Waals surface area contributed by atoms with E-state index in [4.69, 9.17) is 0 Å². The molecule has 2 saturated heterocycles. The molecule has 0 aliphatic carbocycles. The van der Waals surface area contributed by atoms with Crippen molar-refractivity contribution in [1.82, 2.24) is 9.21 Å². The zero-order valence-electron chi connectivity index (χ0n) is 12.8. The largest absolute Gasteiger partial charge is 0.336 e. The predicted molar refractivity (Wildman–Crippen MR) is 87.2 cm³/mol. The van der Waals surface area contributed by atoms with Crippen molar-refractivity contribution >= 4 is 31.9 Å². The number of halogens is 3. The summed E-state index contributed by atoms with van der Waals surface area (Å²) in [6.45, 7) is -0.298. The molecule has 0 radical (unpaired) electrons. The highest BCUT2D eigenvalue weighted by Gasteiger charge is 2.44. The van der Waals surface area contributed by atoms with E-state index in [1.807, 2.05) is 0 Å². The number of hydrogen-bond donors (Lipinski definition) is 0. The molecule has 0 N–H and O–H groups in total. The van der Waals surface area contributed by atoms with Crippen molar-refractivity contribution in [2.45, 2.75) is 23.7 Å². The lowest BCUT2D eigenvalue weighted by molar-refractivity contribution is -0.135. The minimum Gasteiger partial charge on any atom is -0.336 e. The smallest absolute Gasteiger partial charge is 0.267 e. The van der Waals surface area contributed by atoms with Gasteiger partial charge in [0.05, 0.1) is 17.4 Å². The molecule has 1 aromatic rings. The molecule has 0 aromatic heterocycles. The molecule has 0 bridgehead atoms. The van der Waals surface area contributed by atoms with E-state index in [-0.39, 0.29) is 36.9 Å². The lowest BCUT2D eigenvalue weighted by atomic mass is 10.1. The minimum absolute atomic E-state index is 0.0271. The number of sulfonamides is 1. The van der Waals surface area contributed by atoms with Crippen LogP contribution in [0.3, 0.4) is 0 Å². The fraction of sp³-hybridized carbons (Fsp3) is 0.533. The Hall–Kier alpha value is -1.06. The number of rotatable bonds is 3. The summed E-state index contributed by atoms with van der Waals surface area (Å²) in [6, 6.07) is 6.48. The van der Waals surface area contributed by atoms with Gasteiger partial charge < -0.3 is 4.90 Å². The van der Waals surface area contributed by atoms with Crippen LogP contribution in [0.25, 0.3) is 0 Å². The van der Waals surface area contributed by atoms with Gasteiger partial charge in [-0.3, -0.25) is 4.79 Å². The van der Waals surface area contributed by atoms with Gasteiger partial charge in [0.25, 0.3) is 5.92 Å². The van der Waals surface area contributed by atoms with Gasteiger partial charge in [-0.1, -0.05) is 12.1 Å². The van der Waals surface area contributed by atoms with Gasteiger partial charge in [-0.2, -0.15) is 4.31 Å². The highest BCUT2D eigenvalue weighted by Crippen LogP contribution is 2.32. The summed E-state index contributed by atoms with van der Waals surface area (Å²) in [7, 11) is -3.71. The number of likely N-dealkylation sites (tertiary alicyclic amines) is 1. The number of alkyl halides is 2. The number of nitrogens with zero attached hydrogens (tertiary/aromatic N) is 2. The van der Waals surface area contributed by atoms with Gasteiger partial charge in [0.1, 0.15) is 0 Å². The van der Waals surface area contributed by atoms with Gasteiger partial charge in [0.2, 0.25) is 15.9 Å². The second-order valence-electron chi connectivity index (χ2n) is 6.14. The van der Waals surface area contributed by atoms with Gasteiger partial charge in [-0.15, -0.1) is 0 Å². The van der Waals surface area contributed by atoms with Crippen LogP contribution in [0, 0.1) is 5.92 Å². The van der Waals surface area contributed by atoms with E-state index in [0.717, 1.165) is 4.90 Å². The van der Waals surface area contributed by atoms with Crippen molar-refractivity contribution in [3.8, 4) is 0 Å². The summed E-state index contributed by atoms with van der Waals surface area (Å²) >= 11 is 3.23. The highest BCUT2D eigenvalue weighted by atomic mass is 79.9. The lowest BCUT2D eigenvalue weighted by Crippen LogP contribution is -2.38. The molecule has 24 heavy (non-hydrogen) atoms. The fourth-order valence-electron chi connectivity index (χ4n) is 3.12. The first-order valence-corrected chi connectivity index (χ1v) is 9.85. The number of carbonyl (C=O) groups excluding carboxylic acids is 1. The second kappa shape index (κ2) is 6.34. The molecule has 2 fully saturated rings. The van der Waals surface area contributed by atoms with E-state index < -0.39 is 28.4 Å². The molecule has 9 heteroatoms. The van der Waals surface area contributed by atoms with Gasteiger partial charge in [-0.05, 0) is 34.5 Å². The third-order valence-electron chi connectivity index (χ3n) is 4.44. The van der Waals surface area contributed by atoms with Crippen LogP contribution in [0.4, 0.5) is 8.78 Å². The maximum atomic E-state index is 13.3. The Morgan fingerprint density at radius 1 is 1.25 bits per heavy atom. The van der Waals surface area contributed by atoms with Crippen LogP contribution in [0.15, 0.2) is 33.6 Å². The molecule has 1 unspecified atom stereocenters. The van der Waals surface area contributed by atoms with E-state index >= 15 is 0 Å². The van der Waals surface area contributed by atoms with Crippen LogP contribution in [0.5, 0.6) is 0 Å². The number of hydrogen-bond acceptors (Lipinski definition) is 3. The van der Waals surface area contributed by atoms with Crippen molar-refractivity contribution < 1.29 is 22.0 Å². The van der Waals surface area contributed by atoms with E-state index in [0.29, 0.717) is 10.9 Å². The monoisotopic (exact) mass is 422 g/mol. The first-order chi connectivity index (χ1) is 11.2. The molecule has 0 saturated carbocycles. The second-order valence-corrected chi connectivity index (χ2v) is 8.91. The number of carbonyl (C=O) groups is 1. The zero-order chi connectivity index (χ0) is 17.5. The van der Waals surface area contributed by atoms with Crippen LogP contribution < -0.4 is 0 Å². The Kier molecular flexibility index (Phi) is 4.69. The maximum absolute atomic E-state index is 13.3. The number of amides is 1. The molecule has 3 rings (SSSR count). The van der Waals surface area contributed by atoms with E-state index in [1.165, 1.54) is 10.4 Å². The Morgan fingerprint density at radius 3 is 2.58 bits per heavy atom.